The van der Waals surface area contributed by atoms with Crippen molar-refractivity contribution in [1.82, 2.24) is 15.2 Å². The van der Waals surface area contributed by atoms with Crippen LogP contribution in [0.15, 0.2) is 21.2 Å². The fourth-order valence-electron chi connectivity index (χ4n) is 1.11. The van der Waals surface area contributed by atoms with Crippen molar-refractivity contribution >= 4 is 40.1 Å². The van der Waals surface area contributed by atoms with Crippen LogP contribution in [0.4, 0.5) is 5.13 Å². The molecule has 2 heterocycles. The van der Waals surface area contributed by atoms with Crippen molar-refractivity contribution in [1.29, 1.82) is 0 Å². The second kappa shape index (κ2) is 7.01. The highest BCUT2D eigenvalue weighted by atomic mass is 32.2. The van der Waals surface area contributed by atoms with Crippen molar-refractivity contribution in [3.63, 3.8) is 0 Å². The maximum Gasteiger partial charge on any atom is 0.396 e. The molecule has 0 aliphatic rings. The number of carbonyl (C=O) groups excluding carboxylic acids is 2. The van der Waals surface area contributed by atoms with Gasteiger partial charge in [0.25, 0.3) is 5.22 Å². The molecule has 8 nitrogen and oxygen atoms in total. The van der Waals surface area contributed by atoms with Gasteiger partial charge in [-0.2, -0.15) is 0 Å². The zero-order chi connectivity index (χ0) is 14.4. The number of hydrogen-bond donors (Lipinski definition) is 1. The Morgan fingerprint density at radius 1 is 1.50 bits per heavy atom. The number of thiazole rings is 1. The topological polar surface area (TPSA) is 107 Å². The molecular weight excluding hydrogens is 304 g/mol. The van der Waals surface area contributed by atoms with Gasteiger partial charge < -0.3 is 14.5 Å². The molecule has 0 radical (unpaired) electrons. The summed E-state index contributed by atoms with van der Waals surface area (Å²) in [6.07, 6.45) is 1.59. The van der Waals surface area contributed by atoms with Crippen LogP contribution in [0.2, 0.25) is 0 Å². The van der Waals surface area contributed by atoms with Crippen molar-refractivity contribution < 1.29 is 18.7 Å². The highest BCUT2D eigenvalue weighted by Gasteiger charge is 2.17. The summed E-state index contributed by atoms with van der Waals surface area (Å²) in [5.41, 5.74) is 0. The largest absolute Gasteiger partial charge is 0.459 e. The quantitative estimate of drug-likeness (QED) is 0.630. The first kappa shape index (κ1) is 14.5. The second-order valence-corrected chi connectivity index (χ2v) is 5.09. The fourth-order valence-corrected chi connectivity index (χ4v) is 2.22. The molecule has 0 aliphatic carbocycles. The van der Waals surface area contributed by atoms with Gasteiger partial charge in [-0.15, -0.1) is 16.4 Å². The molecule has 2 aromatic rings. The molecule has 2 aromatic heterocycles. The lowest BCUT2D eigenvalue weighted by molar-refractivity contribution is -0.113. The van der Waals surface area contributed by atoms with E-state index in [9.17, 15) is 9.59 Å². The van der Waals surface area contributed by atoms with E-state index in [2.05, 4.69) is 20.5 Å². The first-order valence-corrected chi connectivity index (χ1v) is 7.38. The summed E-state index contributed by atoms with van der Waals surface area (Å²) in [4.78, 5) is 26.8. The van der Waals surface area contributed by atoms with E-state index < -0.39 is 5.97 Å². The maximum absolute atomic E-state index is 11.6. The minimum absolute atomic E-state index is 0.0735. The summed E-state index contributed by atoms with van der Waals surface area (Å²) < 4.78 is 9.76. The zero-order valence-corrected chi connectivity index (χ0v) is 12.0. The summed E-state index contributed by atoms with van der Waals surface area (Å²) >= 11 is 2.34. The molecule has 0 aromatic carbocycles. The van der Waals surface area contributed by atoms with Crippen LogP contribution in [-0.2, 0) is 9.53 Å². The minimum Gasteiger partial charge on any atom is -0.459 e. The van der Waals surface area contributed by atoms with Gasteiger partial charge in [0.05, 0.1) is 12.4 Å². The van der Waals surface area contributed by atoms with Crippen LogP contribution in [0.25, 0.3) is 0 Å². The Labute approximate surface area is 121 Å². The number of amides is 1. The molecule has 0 aliphatic heterocycles. The van der Waals surface area contributed by atoms with E-state index in [1.807, 2.05) is 0 Å². The molecule has 0 saturated carbocycles. The minimum atomic E-state index is -0.681. The van der Waals surface area contributed by atoms with E-state index in [-0.39, 0.29) is 29.4 Å². The number of aromatic nitrogens is 3. The van der Waals surface area contributed by atoms with Gasteiger partial charge >= 0.3 is 11.9 Å². The van der Waals surface area contributed by atoms with Gasteiger partial charge in [0.15, 0.2) is 5.13 Å². The predicted molar refractivity (Wildman–Crippen MR) is 71.7 cm³/mol. The number of ether oxygens (including phenoxy) is 1. The number of nitrogens with one attached hydrogen (secondary N) is 1. The Morgan fingerprint density at radius 3 is 3.05 bits per heavy atom. The summed E-state index contributed by atoms with van der Waals surface area (Å²) in [7, 11) is 0. The average molecular weight is 314 g/mol. The van der Waals surface area contributed by atoms with Crippen molar-refractivity contribution in [2.24, 2.45) is 0 Å². The van der Waals surface area contributed by atoms with E-state index in [1.54, 1.807) is 18.5 Å². The van der Waals surface area contributed by atoms with Crippen LogP contribution in [0, 0.1) is 0 Å². The van der Waals surface area contributed by atoms with E-state index >= 15 is 0 Å². The normalized spacial score (nSPS) is 10.2. The molecule has 0 bridgehead atoms. The molecule has 1 amide bonds. The molecule has 2 rings (SSSR count). The van der Waals surface area contributed by atoms with Gasteiger partial charge in [-0.1, -0.05) is 16.9 Å². The van der Waals surface area contributed by atoms with Crippen molar-refractivity contribution in [2.45, 2.75) is 12.1 Å². The van der Waals surface area contributed by atoms with E-state index in [1.165, 1.54) is 11.3 Å². The number of thioether (sulfide) groups is 1. The molecule has 1 N–H and O–H groups in total. The SMILES string of the molecule is CCOC(=O)c1nnc(SCC(=O)Nc2nccs2)o1. The summed E-state index contributed by atoms with van der Waals surface area (Å²) in [6.45, 7) is 1.90. The third-order valence-corrected chi connectivity index (χ3v) is 3.37. The molecule has 106 valence electrons. The molecule has 0 saturated heterocycles. The number of nitrogens with zero attached hydrogens (tertiary/aromatic N) is 3. The Balaban J connectivity index is 1.82. The first-order chi connectivity index (χ1) is 9.69. The van der Waals surface area contributed by atoms with E-state index in [4.69, 9.17) is 9.15 Å². The fraction of sp³-hybridized carbons (Fsp3) is 0.300. The third-order valence-electron chi connectivity index (χ3n) is 1.86. The monoisotopic (exact) mass is 314 g/mol. The lowest BCUT2D eigenvalue weighted by Gasteiger charge is -1.98. The standard InChI is InChI=1S/C10H10N4O4S2/c1-2-17-8(16)7-13-14-10(18-7)20-5-6(15)12-9-11-3-4-19-9/h3-4H,2,5H2,1H3,(H,11,12,15). The predicted octanol–water partition coefficient (Wildman–Crippen LogP) is 1.43. The van der Waals surface area contributed by atoms with Crippen molar-refractivity contribution in [3.8, 4) is 0 Å². The molecular formula is C10H10N4O4S2. The van der Waals surface area contributed by atoms with Crippen LogP contribution in [0.3, 0.4) is 0 Å². The number of anilines is 1. The van der Waals surface area contributed by atoms with Gasteiger partial charge in [-0.05, 0) is 6.92 Å². The van der Waals surface area contributed by atoms with E-state index in [0.29, 0.717) is 5.13 Å². The number of rotatable bonds is 6. The molecule has 0 spiro atoms. The Kier molecular flexibility index (Phi) is 5.07. The molecule has 0 fully saturated rings. The van der Waals surface area contributed by atoms with Crippen LogP contribution in [-0.4, -0.2) is 39.4 Å². The molecule has 20 heavy (non-hydrogen) atoms. The van der Waals surface area contributed by atoms with Gasteiger partial charge in [-0.25, -0.2) is 9.78 Å². The van der Waals surface area contributed by atoms with Crippen molar-refractivity contribution in [3.05, 3.63) is 17.5 Å². The van der Waals surface area contributed by atoms with Gasteiger partial charge in [0, 0.05) is 11.6 Å². The Bertz CT molecular complexity index is 584. The van der Waals surface area contributed by atoms with Gasteiger partial charge in [0.2, 0.25) is 5.91 Å². The molecule has 0 atom stereocenters. The Hall–Kier alpha value is -1.94. The number of hydrogen-bond acceptors (Lipinski definition) is 9. The smallest absolute Gasteiger partial charge is 0.396 e. The number of carbonyl (C=O) groups is 2. The average Bonchev–Trinajstić information content (AvgIpc) is 3.07. The van der Waals surface area contributed by atoms with Gasteiger partial charge in [-0.3, -0.25) is 4.79 Å². The zero-order valence-electron chi connectivity index (χ0n) is 10.4. The highest BCUT2D eigenvalue weighted by Crippen LogP contribution is 2.17. The maximum atomic E-state index is 11.6. The summed E-state index contributed by atoms with van der Waals surface area (Å²) in [5.74, 6) is -1.08. The Morgan fingerprint density at radius 2 is 2.35 bits per heavy atom. The van der Waals surface area contributed by atoms with Crippen molar-refractivity contribution in [2.75, 3.05) is 17.7 Å². The van der Waals surface area contributed by atoms with Crippen LogP contribution in [0.1, 0.15) is 17.6 Å². The number of esters is 1. The summed E-state index contributed by atoms with van der Waals surface area (Å²) in [5, 5.41) is 12.2. The first-order valence-electron chi connectivity index (χ1n) is 5.51. The summed E-state index contributed by atoms with van der Waals surface area (Å²) in [6, 6.07) is 0. The third kappa shape index (κ3) is 4.03. The second-order valence-electron chi connectivity index (χ2n) is 3.27. The lowest BCUT2D eigenvalue weighted by Crippen LogP contribution is -2.13. The molecule has 10 heteroatoms. The van der Waals surface area contributed by atoms with E-state index in [0.717, 1.165) is 11.8 Å². The highest BCUT2D eigenvalue weighted by molar-refractivity contribution is 7.99. The lowest BCUT2D eigenvalue weighted by atomic mass is 10.7. The van der Waals surface area contributed by atoms with Crippen LogP contribution >= 0.6 is 23.1 Å². The van der Waals surface area contributed by atoms with Crippen LogP contribution < -0.4 is 5.32 Å². The molecule has 0 unspecified atom stereocenters. The van der Waals surface area contributed by atoms with Gasteiger partial charge in [0.1, 0.15) is 0 Å². The van der Waals surface area contributed by atoms with Crippen LogP contribution in [0.5, 0.6) is 0 Å².